The highest BCUT2D eigenvalue weighted by atomic mass is 35.5. The summed E-state index contributed by atoms with van der Waals surface area (Å²) < 4.78 is 4.98. The van der Waals surface area contributed by atoms with E-state index in [-0.39, 0.29) is 31.3 Å². The minimum atomic E-state index is -0.543. The summed E-state index contributed by atoms with van der Waals surface area (Å²) in [6, 6.07) is 13.7. The lowest BCUT2D eigenvalue weighted by Gasteiger charge is -2.08. The van der Waals surface area contributed by atoms with Gasteiger partial charge in [-0.25, -0.2) is 0 Å². The van der Waals surface area contributed by atoms with E-state index in [0.717, 1.165) is 5.56 Å². The Hall–Kier alpha value is -2.66. The van der Waals surface area contributed by atoms with E-state index >= 15 is 0 Å². The molecule has 2 rings (SSSR count). The monoisotopic (exact) mass is 387 g/mol. The van der Waals surface area contributed by atoms with Crippen LogP contribution < -0.4 is 5.32 Å². The summed E-state index contributed by atoms with van der Waals surface area (Å²) in [7, 11) is 0. The van der Waals surface area contributed by atoms with Crippen LogP contribution in [-0.2, 0) is 9.53 Å². The van der Waals surface area contributed by atoms with Crippen LogP contribution in [0.1, 0.15) is 52.5 Å². The maximum Gasteiger partial charge on any atom is 0.308 e. The van der Waals surface area contributed by atoms with E-state index in [1.807, 2.05) is 12.1 Å². The molecule has 0 aliphatic carbocycles. The lowest BCUT2D eigenvalue weighted by molar-refractivity contribution is -0.142. The molecule has 142 valence electrons. The van der Waals surface area contributed by atoms with Crippen molar-refractivity contribution in [3.05, 3.63) is 70.2 Å². The lowest BCUT2D eigenvalue weighted by Crippen LogP contribution is -2.27. The first-order valence-corrected chi connectivity index (χ1v) is 9.07. The first kappa shape index (κ1) is 20.6. The number of halogens is 1. The van der Waals surface area contributed by atoms with Gasteiger partial charge in [-0.05, 0) is 35.7 Å². The van der Waals surface area contributed by atoms with E-state index in [0.29, 0.717) is 22.1 Å². The van der Waals surface area contributed by atoms with Crippen molar-refractivity contribution in [3.8, 4) is 0 Å². The van der Waals surface area contributed by atoms with Crippen LogP contribution in [0.25, 0.3) is 0 Å². The average Bonchev–Trinajstić information content (AvgIpc) is 2.66. The molecule has 2 aromatic carbocycles. The topological polar surface area (TPSA) is 72.5 Å². The molecule has 0 aromatic heterocycles. The predicted octanol–water partition coefficient (Wildman–Crippen LogP) is 4.01. The summed E-state index contributed by atoms with van der Waals surface area (Å²) in [4.78, 5) is 35.7. The highest BCUT2D eigenvalue weighted by molar-refractivity contribution is 6.30. The Kier molecular flexibility index (Phi) is 7.55. The Morgan fingerprint density at radius 1 is 0.963 bits per heavy atom. The minimum absolute atomic E-state index is 0.0150. The van der Waals surface area contributed by atoms with Gasteiger partial charge in [0.05, 0.1) is 6.42 Å². The van der Waals surface area contributed by atoms with Gasteiger partial charge in [0.2, 0.25) is 0 Å². The first-order valence-electron chi connectivity index (χ1n) is 8.69. The van der Waals surface area contributed by atoms with E-state index in [2.05, 4.69) is 19.2 Å². The number of ketones is 1. The first-order chi connectivity index (χ1) is 12.9. The maximum atomic E-state index is 12.1. The number of hydrogen-bond acceptors (Lipinski definition) is 4. The highest BCUT2D eigenvalue weighted by Gasteiger charge is 2.11. The number of rotatable bonds is 8. The standard InChI is InChI=1S/C21H22ClNO4/c1-14(2)15-3-5-16(6-4-15)19(24)13-27-20(25)11-12-23-21(26)17-7-9-18(22)10-8-17/h3-10,14H,11-13H2,1-2H3,(H,23,26). The predicted molar refractivity (Wildman–Crippen MR) is 104 cm³/mol. The normalized spacial score (nSPS) is 10.5. The molecule has 6 heteroatoms. The van der Waals surface area contributed by atoms with E-state index in [9.17, 15) is 14.4 Å². The molecular weight excluding hydrogens is 366 g/mol. The lowest BCUT2D eigenvalue weighted by atomic mass is 10.0. The molecule has 1 amide bonds. The number of nitrogens with one attached hydrogen (secondary N) is 1. The Balaban J connectivity index is 1.71. The van der Waals surface area contributed by atoms with E-state index in [1.54, 1.807) is 36.4 Å². The van der Waals surface area contributed by atoms with Gasteiger partial charge in [-0.1, -0.05) is 49.7 Å². The number of carbonyl (C=O) groups is 3. The van der Waals surface area contributed by atoms with E-state index in [4.69, 9.17) is 16.3 Å². The zero-order valence-corrected chi connectivity index (χ0v) is 16.1. The van der Waals surface area contributed by atoms with Gasteiger partial charge in [0.15, 0.2) is 12.4 Å². The van der Waals surface area contributed by atoms with Crippen LogP contribution in [0.15, 0.2) is 48.5 Å². The summed E-state index contributed by atoms with van der Waals surface area (Å²) >= 11 is 5.77. The van der Waals surface area contributed by atoms with Crippen molar-refractivity contribution in [2.24, 2.45) is 0 Å². The Labute approximate surface area is 163 Å². The average molecular weight is 388 g/mol. The molecule has 5 nitrogen and oxygen atoms in total. The molecule has 0 radical (unpaired) electrons. The fourth-order valence-corrected chi connectivity index (χ4v) is 2.46. The van der Waals surface area contributed by atoms with Crippen LogP contribution in [0.5, 0.6) is 0 Å². The molecular formula is C21H22ClNO4. The second-order valence-electron chi connectivity index (χ2n) is 6.37. The molecule has 0 spiro atoms. The van der Waals surface area contributed by atoms with Gasteiger partial charge in [-0.2, -0.15) is 0 Å². The van der Waals surface area contributed by atoms with Crippen molar-refractivity contribution in [2.75, 3.05) is 13.2 Å². The third-order valence-electron chi connectivity index (χ3n) is 3.98. The zero-order valence-electron chi connectivity index (χ0n) is 15.3. The Morgan fingerprint density at radius 3 is 2.15 bits per heavy atom. The van der Waals surface area contributed by atoms with Crippen LogP contribution >= 0.6 is 11.6 Å². The minimum Gasteiger partial charge on any atom is -0.457 e. The molecule has 0 heterocycles. The third-order valence-corrected chi connectivity index (χ3v) is 4.24. The Bertz CT molecular complexity index is 798. The van der Waals surface area contributed by atoms with Gasteiger partial charge in [0.25, 0.3) is 5.91 Å². The summed E-state index contributed by atoms with van der Waals surface area (Å²) in [5.74, 6) is -0.724. The van der Waals surface area contributed by atoms with Gasteiger partial charge >= 0.3 is 5.97 Å². The number of carbonyl (C=O) groups excluding carboxylic acids is 3. The van der Waals surface area contributed by atoms with Gasteiger partial charge in [-0.15, -0.1) is 0 Å². The number of benzene rings is 2. The number of hydrogen-bond donors (Lipinski definition) is 1. The van der Waals surface area contributed by atoms with Crippen LogP contribution in [0.3, 0.4) is 0 Å². The smallest absolute Gasteiger partial charge is 0.308 e. The second-order valence-corrected chi connectivity index (χ2v) is 6.81. The molecule has 27 heavy (non-hydrogen) atoms. The van der Waals surface area contributed by atoms with Crippen molar-refractivity contribution in [2.45, 2.75) is 26.2 Å². The summed E-state index contributed by atoms with van der Waals surface area (Å²) in [6.45, 7) is 3.96. The number of Topliss-reactive ketones (excluding diaryl/α,β-unsaturated/α-hetero) is 1. The summed E-state index contributed by atoms with van der Waals surface area (Å²) in [5.41, 5.74) is 2.09. The second kappa shape index (κ2) is 9.88. The van der Waals surface area contributed by atoms with Crippen molar-refractivity contribution >= 4 is 29.3 Å². The Morgan fingerprint density at radius 2 is 1.56 bits per heavy atom. The quantitative estimate of drug-likeness (QED) is 0.548. The maximum absolute atomic E-state index is 12.1. The number of esters is 1. The largest absolute Gasteiger partial charge is 0.457 e. The molecule has 0 saturated carbocycles. The zero-order chi connectivity index (χ0) is 19.8. The number of amides is 1. The highest BCUT2D eigenvalue weighted by Crippen LogP contribution is 2.15. The van der Waals surface area contributed by atoms with Gasteiger partial charge in [0, 0.05) is 22.7 Å². The molecule has 2 aromatic rings. The van der Waals surface area contributed by atoms with Crippen LogP contribution in [-0.4, -0.2) is 30.8 Å². The third kappa shape index (κ3) is 6.53. The van der Waals surface area contributed by atoms with E-state index in [1.165, 1.54) is 0 Å². The summed E-state index contributed by atoms with van der Waals surface area (Å²) in [5, 5.41) is 3.16. The summed E-state index contributed by atoms with van der Waals surface area (Å²) in [6.07, 6.45) is -0.0150. The SMILES string of the molecule is CC(C)c1ccc(C(=O)COC(=O)CCNC(=O)c2ccc(Cl)cc2)cc1. The molecule has 0 unspecified atom stereocenters. The van der Waals surface area contributed by atoms with Gasteiger partial charge in [-0.3, -0.25) is 14.4 Å². The molecule has 0 aliphatic rings. The molecule has 0 saturated heterocycles. The van der Waals surface area contributed by atoms with E-state index < -0.39 is 5.97 Å². The van der Waals surface area contributed by atoms with Crippen molar-refractivity contribution in [1.82, 2.24) is 5.32 Å². The van der Waals surface area contributed by atoms with Crippen molar-refractivity contribution < 1.29 is 19.1 Å². The molecule has 0 aliphatic heterocycles. The van der Waals surface area contributed by atoms with Crippen molar-refractivity contribution in [1.29, 1.82) is 0 Å². The van der Waals surface area contributed by atoms with Gasteiger partial charge in [0.1, 0.15) is 0 Å². The van der Waals surface area contributed by atoms with Crippen molar-refractivity contribution in [3.63, 3.8) is 0 Å². The fourth-order valence-electron chi connectivity index (χ4n) is 2.34. The fraction of sp³-hybridized carbons (Fsp3) is 0.286. The van der Waals surface area contributed by atoms with Crippen LogP contribution in [0, 0.1) is 0 Å². The molecule has 0 bridgehead atoms. The molecule has 1 N–H and O–H groups in total. The number of ether oxygens (including phenoxy) is 1. The van der Waals surface area contributed by atoms with Gasteiger partial charge < -0.3 is 10.1 Å². The molecule has 0 fully saturated rings. The van der Waals surface area contributed by atoms with Crippen LogP contribution in [0.4, 0.5) is 0 Å². The molecule has 0 atom stereocenters. The van der Waals surface area contributed by atoms with Crippen LogP contribution in [0.2, 0.25) is 5.02 Å².